The topological polar surface area (TPSA) is 61.5 Å². The van der Waals surface area contributed by atoms with E-state index in [4.69, 9.17) is 15.2 Å². The van der Waals surface area contributed by atoms with Gasteiger partial charge in [-0.1, -0.05) is 26.7 Å². The molecule has 1 aromatic rings. The van der Waals surface area contributed by atoms with E-state index in [9.17, 15) is 4.79 Å². The third-order valence-corrected chi connectivity index (χ3v) is 3.15. The van der Waals surface area contributed by atoms with Gasteiger partial charge in [-0.05, 0) is 31.0 Å². The number of ether oxygens (including phenoxy) is 2. The molecule has 0 heterocycles. The Morgan fingerprint density at radius 3 is 2.47 bits per heavy atom. The number of rotatable bonds is 7. The molecule has 0 aliphatic rings. The van der Waals surface area contributed by atoms with Crippen LogP contribution >= 0.6 is 0 Å². The largest absolute Gasteiger partial charge is 0.492 e. The molecule has 2 N–H and O–H groups in total. The van der Waals surface area contributed by atoms with Gasteiger partial charge in [-0.15, -0.1) is 0 Å². The van der Waals surface area contributed by atoms with Gasteiger partial charge in [0.2, 0.25) is 0 Å². The SMILES string of the molecule is CCOc1ccc(C(=O)OCC(CC)CC)cc1N. The van der Waals surface area contributed by atoms with E-state index >= 15 is 0 Å². The molecule has 19 heavy (non-hydrogen) atoms. The zero-order valence-corrected chi connectivity index (χ0v) is 11.9. The Bertz CT molecular complexity index is 414. The minimum absolute atomic E-state index is 0.332. The molecule has 0 saturated carbocycles. The Morgan fingerprint density at radius 1 is 1.26 bits per heavy atom. The van der Waals surface area contributed by atoms with Crippen LogP contribution in [0.2, 0.25) is 0 Å². The minimum atomic E-state index is -0.332. The molecule has 0 aliphatic carbocycles. The van der Waals surface area contributed by atoms with Gasteiger partial charge in [-0.2, -0.15) is 0 Å². The van der Waals surface area contributed by atoms with Gasteiger partial charge in [0.15, 0.2) is 0 Å². The molecule has 0 bridgehead atoms. The summed E-state index contributed by atoms with van der Waals surface area (Å²) in [7, 11) is 0. The molecular weight excluding hydrogens is 242 g/mol. The van der Waals surface area contributed by atoms with Gasteiger partial charge in [-0.3, -0.25) is 0 Å². The van der Waals surface area contributed by atoms with Crippen LogP contribution in [0.1, 0.15) is 44.0 Å². The highest BCUT2D eigenvalue weighted by Crippen LogP contribution is 2.23. The van der Waals surface area contributed by atoms with Gasteiger partial charge in [0, 0.05) is 0 Å². The molecule has 0 aromatic heterocycles. The lowest BCUT2D eigenvalue weighted by Crippen LogP contribution is -2.13. The Balaban J connectivity index is 2.64. The van der Waals surface area contributed by atoms with Crippen LogP contribution in [-0.4, -0.2) is 19.2 Å². The van der Waals surface area contributed by atoms with Gasteiger partial charge in [0.1, 0.15) is 5.75 Å². The van der Waals surface area contributed by atoms with Crippen molar-refractivity contribution in [1.29, 1.82) is 0 Å². The summed E-state index contributed by atoms with van der Waals surface area (Å²) in [4.78, 5) is 11.9. The van der Waals surface area contributed by atoms with Crippen LogP contribution < -0.4 is 10.5 Å². The number of hydrogen-bond donors (Lipinski definition) is 1. The van der Waals surface area contributed by atoms with Crippen molar-refractivity contribution in [3.63, 3.8) is 0 Å². The molecule has 0 radical (unpaired) electrons. The molecule has 0 atom stereocenters. The number of nitrogens with two attached hydrogens (primary N) is 1. The zero-order valence-electron chi connectivity index (χ0n) is 11.9. The fraction of sp³-hybridized carbons (Fsp3) is 0.533. The molecule has 1 rings (SSSR count). The lowest BCUT2D eigenvalue weighted by Gasteiger charge is -2.13. The number of anilines is 1. The van der Waals surface area contributed by atoms with Crippen molar-refractivity contribution in [2.75, 3.05) is 18.9 Å². The molecule has 0 spiro atoms. The normalized spacial score (nSPS) is 10.5. The Hall–Kier alpha value is -1.71. The van der Waals surface area contributed by atoms with Crippen molar-refractivity contribution in [1.82, 2.24) is 0 Å². The maximum absolute atomic E-state index is 11.9. The van der Waals surface area contributed by atoms with Crippen molar-refractivity contribution >= 4 is 11.7 Å². The third kappa shape index (κ3) is 4.47. The first-order valence-corrected chi connectivity index (χ1v) is 6.81. The van der Waals surface area contributed by atoms with E-state index in [0.29, 0.717) is 36.1 Å². The van der Waals surface area contributed by atoms with Crippen molar-refractivity contribution in [2.45, 2.75) is 33.6 Å². The van der Waals surface area contributed by atoms with Crippen LogP contribution in [0.15, 0.2) is 18.2 Å². The van der Waals surface area contributed by atoms with Gasteiger partial charge in [0.25, 0.3) is 0 Å². The van der Waals surface area contributed by atoms with E-state index in [2.05, 4.69) is 13.8 Å². The molecule has 0 amide bonds. The smallest absolute Gasteiger partial charge is 0.338 e. The Morgan fingerprint density at radius 2 is 1.95 bits per heavy atom. The minimum Gasteiger partial charge on any atom is -0.492 e. The zero-order chi connectivity index (χ0) is 14.3. The number of esters is 1. The first-order chi connectivity index (χ1) is 9.12. The lowest BCUT2D eigenvalue weighted by atomic mass is 10.1. The number of benzene rings is 1. The number of carbonyl (C=O) groups excluding carboxylic acids is 1. The molecule has 0 unspecified atom stereocenters. The van der Waals surface area contributed by atoms with Gasteiger partial charge < -0.3 is 15.2 Å². The number of nitrogen functional groups attached to an aromatic ring is 1. The summed E-state index contributed by atoms with van der Waals surface area (Å²) >= 11 is 0. The fourth-order valence-electron chi connectivity index (χ4n) is 1.76. The maximum Gasteiger partial charge on any atom is 0.338 e. The molecular formula is C15H23NO3. The lowest BCUT2D eigenvalue weighted by molar-refractivity contribution is 0.0433. The standard InChI is InChI=1S/C15H23NO3/c1-4-11(5-2)10-19-15(17)12-7-8-14(18-6-3)13(16)9-12/h7-9,11H,4-6,10,16H2,1-3H3. The monoisotopic (exact) mass is 265 g/mol. The number of hydrogen-bond acceptors (Lipinski definition) is 4. The molecule has 106 valence electrons. The van der Waals surface area contributed by atoms with Gasteiger partial charge in [-0.25, -0.2) is 4.79 Å². The molecule has 0 aliphatic heterocycles. The quantitative estimate of drug-likeness (QED) is 0.607. The predicted molar refractivity (Wildman–Crippen MR) is 76.4 cm³/mol. The fourth-order valence-corrected chi connectivity index (χ4v) is 1.76. The Labute approximate surface area is 114 Å². The van der Waals surface area contributed by atoms with Crippen molar-refractivity contribution in [3.8, 4) is 5.75 Å². The van der Waals surface area contributed by atoms with Crippen molar-refractivity contribution in [3.05, 3.63) is 23.8 Å². The summed E-state index contributed by atoms with van der Waals surface area (Å²) in [5.41, 5.74) is 6.74. The van der Waals surface area contributed by atoms with Gasteiger partial charge in [0.05, 0.1) is 24.5 Å². The van der Waals surface area contributed by atoms with Crippen molar-refractivity contribution in [2.24, 2.45) is 5.92 Å². The molecule has 0 fully saturated rings. The van der Waals surface area contributed by atoms with Crippen LogP contribution in [0, 0.1) is 5.92 Å². The maximum atomic E-state index is 11.9. The van der Waals surface area contributed by atoms with Crippen LogP contribution in [-0.2, 0) is 4.74 Å². The first-order valence-electron chi connectivity index (χ1n) is 6.81. The van der Waals surface area contributed by atoms with Crippen LogP contribution in [0.5, 0.6) is 5.75 Å². The average Bonchev–Trinajstić information content (AvgIpc) is 2.42. The summed E-state index contributed by atoms with van der Waals surface area (Å²) in [5, 5.41) is 0. The van der Waals surface area contributed by atoms with Crippen molar-refractivity contribution < 1.29 is 14.3 Å². The second-order valence-corrected chi connectivity index (χ2v) is 4.47. The Kier molecular flexibility index (Phi) is 6.19. The highest BCUT2D eigenvalue weighted by molar-refractivity contribution is 5.91. The van der Waals surface area contributed by atoms with E-state index in [-0.39, 0.29) is 5.97 Å². The summed E-state index contributed by atoms with van der Waals surface area (Å²) < 4.78 is 10.6. The van der Waals surface area contributed by atoms with E-state index in [1.54, 1.807) is 18.2 Å². The van der Waals surface area contributed by atoms with Crippen LogP contribution in [0.3, 0.4) is 0 Å². The van der Waals surface area contributed by atoms with Crippen LogP contribution in [0.25, 0.3) is 0 Å². The highest BCUT2D eigenvalue weighted by atomic mass is 16.5. The summed E-state index contributed by atoms with van der Waals surface area (Å²) in [5.74, 6) is 0.685. The third-order valence-electron chi connectivity index (χ3n) is 3.15. The number of carbonyl (C=O) groups is 1. The molecule has 1 aromatic carbocycles. The van der Waals surface area contributed by atoms with E-state index in [0.717, 1.165) is 12.8 Å². The summed E-state index contributed by atoms with van der Waals surface area (Å²) in [6.45, 7) is 7.08. The van der Waals surface area contributed by atoms with E-state index in [1.165, 1.54) is 0 Å². The molecule has 4 nitrogen and oxygen atoms in total. The molecule has 4 heteroatoms. The van der Waals surface area contributed by atoms with Gasteiger partial charge >= 0.3 is 5.97 Å². The first kappa shape index (κ1) is 15.3. The second-order valence-electron chi connectivity index (χ2n) is 4.47. The van der Waals surface area contributed by atoms with E-state index < -0.39 is 0 Å². The highest BCUT2D eigenvalue weighted by Gasteiger charge is 2.12. The van der Waals surface area contributed by atoms with Crippen LogP contribution in [0.4, 0.5) is 5.69 Å². The average molecular weight is 265 g/mol. The van der Waals surface area contributed by atoms with E-state index in [1.807, 2.05) is 6.92 Å². The predicted octanol–water partition coefficient (Wildman–Crippen LogP) is 3.26. The second kappa shape index (κ2) is 7.67. The summed E-state index contributed by atoms with van der Waals surface area (Å²) in [6, 6.07) is 4.98. The summed E-state index contributed by atoms with van der Waals surface area (Å²) in [6.07, 6.45) is 2.02. The molecule has 0 saturated heterocycles.